The van der Waals surface area contributed by atoms with Gasteiger partial charge in [-0.3, -0.25) is 4.79 Å². The number of aryl methyl sites for hydroxylation is 1. The number of nitrogens with one attached hydrogen (secondary N) is 1. The number of aromatic amines is 1. The molecule has 0 unspecified atom stereocenters. The lowest BCUT2D eigenvalue weighted by Gasteiger charge is -2.09. The zero-order chi connectivity index (χ0) is 9.14. The van der Waals surface area contributed by atoms with E-state index in [2.05, 4.69) is 4.98 Å². The maximum atomic E-state index is 10.8. The molecule has 0 aromatic carbocycles. The van der Waals surface area contributed by atoms with Gasteiger partial charge in [0.15, 0.2) is 0 Å². The van der Waals surface area contributed by atoms with Crippen molar-refractivity contribution in [2.45, 2.75) is 26.4 Å². The molecule has 1 heterocycles. The molecule has 0 aliphatic carbocycles. The minimum absolute atomic E-state index is 0.125. The van der Waals surface area contributed by atoms with Crippen LogP contribution in [-0.4, -0.2) is 10.1 Å². The van der Waals surface area contributed by atoms with Gasteiger partial charge in [0.05, 0.1) is 6.10 Å². The standard InChI is InChI=1S/C9H13NO2/c1-3-8(11)7-4-5-9(12)10-6(7)2/h4-5,8,11H,3H2,1-2H3,(H,10,12)/t8-/m0/s1. The van der Waals surface area contributed by atoms with Crippen molar-refractivity contribution in [2.24, 2.45) is 0 Å². The maximum absolute atomic E-state index is 10.8. The SMILES string of the molecule is CC[C@H](O)c1ccc(=O)[nH]c1C. The summed E-state index contributed by atoms with van der Waals surface area (Å²) in [5.41, 5.74) is 1.42. The Hall–Kier alpha value is -1.09. The van der Waals surface area contributed by atoms with Crippen molar-refractivity contribution >= 4 is 0 Å². The molecule has 12 heavy (non-hydrogen) atoms. The second-order valence-corrected chi connectivity index (χ2v) is 2.83. The average Bonchev–Trinajstić information content (AvgIpc) is 2.03. The highest BCUT2D eigenvalue weighted by Crippen LogP contribution is 2.16. The van der Waals surface area contributed by atoms with Crippen molar-refractivity contribution in [3.8, 4) is 0 Å². The number of pyridine rings is 1. The lowest BCUT2D eigenvalue weighted by atomic mass is 10.1. The number of hydrogen-bond donors (Lipinski definition) is 2. The van der Waals surface area contributed by atoms with Crippen LogP contribution in [0.2, 0.25) is 0 Å². The molecule has 1 aromatic rings. The molecule has 0 saturated carbocycles. The molecule has 0 fully saturated rings. The first-order chi connectivity index (χ1) is 5.65. The highest BCUT2D eigenvalue weighted by atomic mass is 16.3. The van der Waals surface area contributed by atoms with E-state index in [0.717, 1.165) is 11.3 Å². The molecular formula is C9H13NO2. The zero-order valence-electron chi connectivity index (χ0n) is 7.29. The summed E-state index contributed by atoms with van der Waals surface area (Å²) >= 11 is 0. The molecule has 3 heteroatoms. The lowest BCUT2D eigenvalue weighted by molar-refractivity contribution is 0.172. The molecule has 0 aliphatic rings. The Bertz CT molecular complexity index is 317. The van der Waals surface area contributed by atoms with Gasteiger partial charge in [-0.05, 0) is 25.0 Å². The van der Waals surface area contributed by atoms with Crippen LogP contribution in [0.4, 0.5) is 0 Å². The van der Waals surface area contributed by atoms with E-state index in [1.807, 2.05) is 6.92 Å². The summed E-state index contributed by atoms with van der Waals surface area (Å²) in [5, 5.41) is 9.48. The van der Waals surface area contributed by atoms with Crippen molar-refractivity contribution in [3.63, 3.8) is 0 Å². The largest absolute Gasteiger partial charge is 0.388 e. The van der Waals surface area contributed by atoms with Gasteiger partial charge in [-0.15, -0.1) is 0 Å². The van der Waals surface area contributed by atoms with Crippen molar-refractivity contribution in [2.75, 3.05) is 0 Å². The Labute approximate surface area is 71.1 Å². The number of hydrogen-bond acceptors (Lipinski definition) is 2. The van der Waals surface area contributed by atoms with Crippen LogP contribution in [0, 0.1) is 6.92 Å². The van der Waals surface area contributed by atoms with Crippen molar-refractivity contribution < 1.29 is 5.11 Å². The van der Waals surface area contributed by atoms with E-state index >= 15 is 0 Å². The third-order valence-corrected chi connectivity index (χ3v) is 1.90. The van der Waals surface area contributed by atoms with Crippen LogP contribution in [0.15, 0.2) is 16.9 Å². The van der Waals surface area contributed by atoms with Crippen LogP contribution < -0.4 is 5.56 Å². The Morgan fingerprint density at radius 2 is 2.25 bits per heavy atom. The number of aromatic nitrogens is 1. The molecule has 2 N–H and O–H groups in total. The first-order valence-corrected chi connectivity index (χ1v) is 4.03. The van der Waals surface area contributed by atoms with Crippen molar-refractivity contribution in [3.05, 3.63) is 33.7 Å². The maximum Gasteiger partial charge on any atom is 0.248 e. The number of H-pyrrole nitrogens is 1. The fourth-order valence-corrected chi connectivity index (χ4v) is 1.17. The van der Waals surface area contributed by atoms with E-state index in [1.54, 1.807) is 13.0 Å². The summed E-state index contributed by atoms with van der Waals surface area (Å²) < 4.78 is 0. The number of aliphatic hydroxyl groups is 1. The van der Waals surface area contributed by atoms with E-state index in [9.17, 15) is 9.90 Å². The second kappa shape index (κ2) is 3.54. The first-order valence-electron chi connectivity index (χ1n) is 4.03. The Balaban J connectivity index is 3.09. The summed E-state index contributed by atoms with van der Waals surface area (Å²) in [6.07, 6.45) is 0.189. The molecule has 1 atom stereocenters. The molecule has 3 nitrogen and oxygen atoms in total. The second-order valence-electron chi connectivity index (χ2n) is 2.83. The molecule has 0 amide bonds. The third-order valence-electron chi connectivity index (χ3n) is 1.90. The van der Waals surface area contributed by atoms with Crippen molar-refractivity contribution in [1.82, 2.24) is 4.98 Å². The summed E-state index contributed by atoms with van der Waals surface area (Å²) in [5.74, 6) is 0. The first kappa shape index (κ1) is 9.00. The van der Waals surface area contributed by atoms with Crippen LogP contribution in [0.1, 0.15) is 30.7 Å². The predicted molar refractivity (Wildman–Crippen MR) is 47.1 cm³/mol. The van der Waals surface area contributed by atoms with Crippen LogP contribution in [0.25, 0.3) is 0 Å². The summed E-state index contributed by atoms with van der Waals surface area (Å²) in [7, 11) is 0. The molecule has 66 valence electrons. The van der Waals surface area contributed by atoms with E-state index < -0.39 is 6.10 Å². The minimum Gasteiger partial charge on any atom is -0.388 e. The number of aliphatic hydroxyl groups excluding tert-OH is 1. The molecule has 0 radical (unpaired) electrons. The highest BCUT2D eigenvalue weighted by molar-refractivity contribution is 5.20. The van der Waals surface area contributed by atoms with Gasteiger partial charge in [0.25, 0.3) is 0 Å². The monoisotopic (exact) mass is 167 g/mol. The quantitative estimate of drug-likeness (QED) is 0.693. The number of rotatable bonds is 2. The van der Waals surface area contributed by atoms with Gasteiger partial charge in [0.2, 0.25) is 5.56 Å². The Morgan fingerprint density at radius 3 is 2.75 bits per heavy atom. The van der Waals surface area contributed by atoms with Gasteiger partial charge >= 0.3 is 0 Å². The fourth-order valence-electron chi connectivity index (χ4n) is 1.17. The van der Waals surface area contributed by atoms with E-state index in [-0.39, 0.29) is 5.56 Å². The van der Waals surface area contributed by atoms with Gasteiger partial charge in [0, 0.05) is 11.8 Å². The fraction of sp³-hybridized carbons (Fsp3) is 0.444. The van der Waals surface area contributed by atoms with Crippen molar-refractivity contribution in [1.29, 1.82) is 0 Å². The van der Waals surface area contributed by atoms with Gasteiger partial charge < -0.3 is 10.1 Å². The minimum atomic E-state index is -0.471. The molecule has 1 aromatic heterocycles. The summed E-state index contributed by atoms with van der Waals surface area (Å²) in [6, 6.07) is 3.10. The molecular weight excluding hydrogens is 154 g/mol. The molecule has 0 saturated heterocycles. The van der Waals surface area contributed by atoms with E-state index in [1.165, 1.54) is 6.07 Å². The predicted octanol–water partition coefficient (Wildman–Crippen LogP) is 1.13. The molecule has 0 spiro atoms. The Morgan fingerprint density at radius 1 is 1.58 bits per heavy atom. The topological polar surface area (TPSA) is 53.1 Å². The van der Waals surface area contributed by atoms with Gasteiger partial charge in [-0.25, -0.2) is 0 Å². The van der Waals surface area contributed by atoms with Gasteiger partial charge in [-0.2, -0.15) is 0 Å². The molecule has 1 rings (SSSR count). The zero-order valence-corrected chi connectivity index (χ0v) is 7.29. The summed E-state index contributed by atoms with van der Waals surface area (Å²) in [6.45, 7) is 3.69. The molecule has 0 aliphatic heterocycles. The van der Waals surface area contributed by atoms with Gasteiger partial charge in [-0.1, -0.05) is 6.92 Å². The average molecular weight is 167 g/mol. The lowest BCUT2D eigenvalue weighted by Crippen LogP contribution is -2.09. The normalized spacial score (nSPS) is 12.9. The summed E-state index contributed by atoms with van der Waals surface area (Å²) in [4.78, 5) is 13.5. The van der Waals surface area contributed by atoms with Crippen LogP contribution >= 0.6 is 0 Å². The third kappa shape index (κ3) is 1.74. The smallest absolute Gasteiger partial charge is 0.248 e. The van der Waals surface area contributed by atoms with Crippen LogP contribution in [-0.2, 0) is 0 Å². The Kier molecular flexibility index (Phi) is 2.65. The van der Waals surface area contributed by atoms with Crippen LogP contribution in [0.5, 0.6) is 0 Å². The van der Waals surface area contributed by atoms with E-state index in [0.29, 0.717) is 6.42 Å². The highest BCUT2D eigenvalue weighted by Gasteiger charge is 2.07. The van der Waals surface area contributed by atoms with Crippen LogP contribution in [0.3, 0.4) is 0 Å². The van der Waals surface area contributed by atoms with Gasteiger partial charge in [0.1, 0.15) is 0 Å². The van der Waals surface area contributed by atoms with E-state index in [4.69, 9.17) is 0 Å². The molecule has 0 bridgehead atoms.